The Morgan fingerprint density at radius 2 is 1.97 bits per heavy atom. The van der Waals surface area contributed by atoms with E-state index in [1.165, 1.54) is 11.8 Å². The molecule has 33 heavy (non-hydrogen) atoms. The third kappa shape index (κ3) is 6.52. The SMILES string of the molecule is CCCCNC(=O)c1cccc(-n2ccnc2SCC(=O)Nc2cc(OC)ccc2OC)c1. The number of unbranched alkanes of at least 4 members (excludes halogenated alkanes) is 1. The van der Waals surface area contributed by atoms with Gasteiger partial charge in [0.25, 0.3) is 5.91 Å². The highest BCUT2D eigenvalue weighted by atomic mass is 32.2. The fourth-order valence-electron chi connectivity index (χ4n) is 3.10. The van der Waals surface area contributed by atoms with Crippen molar-refractivity contribution in [2.75, 3.05) is 31.8 Å². The van der Waals surface area contributed by atoms with Crippen molar-refractivity contribution in [3.05, 3.63) is 60.4 Å². The Balaban J connectivity index is 1.66. The van der Waals surface area contributed by atoms with Crippen molar-refractivity contribution in [1.82, 2.24) is 14.9 Å². The molecule has 2 amide bonds. The predicted octanol–water partition coefficient (Wildman–Crippen LogP) is 4.15. The van der Waals surface area contributed by atoms with Crippen molar-refractivity contribution in [2.24, 2.45) is 0 Å². The quantitative estimate of drug-likeness (QED) is 0.324. The van der Waals surface area contributed by atoms with Crippen LogP contribution in [0.4, 0.5) is 5.69 Å². The Kier molecular flexibility index (Phi) is 8.77. The van der Waals surface area contributed by atoms with E-state index in [0.29, 0.717) is 34.5 Å². The highest BCUT2D eigenvalue weighted by Gasteiger charge is 2.13. The number of ether oxygens (including phenoxy) is 2. The minimum absolute atomic E-state index is 0.105. The number of benzene rings is 2. The maximum Gasteiger partial charge on any atom is 0.251 e. The van der Waals surface area contributed by atoms with Gasteiger partial charge in [0.15, 0.2) is 5.16 Å². The maximum atomic E-state index is 12.6. The van der Waals surface area contributed by atoms with Gasteiger partial charge in [-0.3, -0.25) is 14.2 Å². The molecule has 2 aromatic carbocycles. The molecule has 0 unspecified atom stereocenters. The van der Waals surface area contributed by atoms with Gasteiger partial charge in [0, 0.05) is 36.3 Å². The number of hydrogen-bond acceptors (Lipinski definition) is 6. The Labute approximate surface area is 197 Å². The summed E-state index contributed by atoms with van der Waals surface area (Å²) >= 11 is 1.30. The maximum absolute atomic E-state index is 12.6. The fraction of sp³-hybridized carbons (Fsp3) is 0.292. The van der Waals surface area contributed by atoms with E-state index in [1.807, 2.05) is 22.8 Å². The second-order valence-electron chi connectivity index (χ2n) is 7.14. The molecule has 0 aliphatic heterocycles. The van der Waals surface area contributed by atoms with Crippen molar-refractivity contribution in [3.8, 4) is 17.2 Å². The molecule has 2 N–H and O–H groups in total. The molecule has 0 spiro atoms. The molecule has 0 aliphatic carbocycles. The molecule has 0 radical (unpaired) electrons. The second-order valence-corrected chi connectivity index (χ2v) is 8.09. The van der Waals surface area contributed by atoms with E-state index in [9.17, 15) is 9.59 Å². The number of methoxy groups -OCH3 is 2. The lowest BCUT2D eigenvalue weighted by Gasteiger charge is -2.12. The third-order valence-electron chi connectivity index (χ3n) is 4.82. The van der Waals surface area contributed by atoms with Crippen LogP contribution in [0.15, 0.2) is 60.0 Å². The number of anilines is 1. The van der Waals surface area contributed by atoms with E-state index < -0.39 is 0 Å². The van der Waals surface area contributed by atoms with E-state index in [1.54, 1.807) is 50.9 Å². The molecule has 0 aliphatic rings. The molecule has 174 valence electrons. The summed E-state index contributed by atoms with van der Waals surface area (Å²) in [6.45, 7) is 2.73. The minimum atomic E-state index is -0.204. The van der Waals surface area contributed by atoms with Crippen LogP contribution < -0.4 is 20.1 Å². The first kappa shape index (κ1) is 24.2. The third-order valence-corrected chi connectivity index (χ3v) is 5.79. The topological polar surface area (TPSA) is 94.5 Å². The highest BCUT2D eigenvalue weighted by Crippen LogP contribution is 2.29. The average molecular weight is 469 g/mol. The van der Waals surface area contributed by atoms with Crippen LogP contribution in [0.5, 0.6) is 11.5 Å². The Morgan fingerprint density at radius 3 is 2.73 bits per heavy atom. The van der Waals surface area contributed by atoms with Crippen LogP contribution in [0.25, 0.3) is 5.69 Å². The standard InChI is InChI=1S/C24H28N4O4S/c1-4-5-11-25-23(30)17-7-6-8-18(14-17)28-13-12-26-24(28)33-16-22(29)27-20-15-19(31-2)9-10-21(20)32-3/h6-10,12-15H,4-5,11,16H2,1-3H3,(H,25,30)(H,27,29). The number of nitrogens with zero attached hydrogens (tertiary/aromatic N) is 2. The molecule has 0 bridgehead atoms. The van der Waals surface area contributed by atoms with Gasteiger partial charge >= 0.3 is 0 Å². The van der Waals surface area contributed by atoms with Gasteiger partial charge in [-0.2, -0.15) is 0 Å². The lowest BCUT2D eigenvalue weighted by Crippen LogP contribution is -2.24. The first-order valence-corrected chi connectivity index (χ1v) is 11.6. The number of imidazole rings is 1. The number of hydrogen-bond donors (Lipinski definition) is 2. The fourth-order valence-corrected chi connectivity index (χ4v) is 3.87. The van der Waals surface area contributed by atoms with Crippen molar-refractivity contribution < 1.29 is 19.1 Å². The number of nitrogens with one attached hydrogen (secondary N) is 2. The summed E-state index contributed by atoms with van der Waals surface area (Å²) in [7, 11) is 3.11. The van der Waals surface area contributed by atoms with Gasteiger partial charge in [0.2, 0.25) is 5.91 Å². The van der Waals surface area contributed by atoms with Crippen molar-refractivity contribution in [2.45, 2.75) is 24.9 Å². The van der Waals surface area contributed by atoms with Crippen molar-refractivity contribution >= 4 is 29.3 Å². The summed E-state index contributed by atoms with van der Waals surface area (Å²) in [5, 5.41) is 6.42. The van der Waals surface area contributed by atoms with Gasteiger partial charge in [-0.1, -0.05) is 31.2 Å². The van der Waals surface area contributed by atoms with Crippen LogP contribution in [0, 0.1) is 0 Å². The zero-order chi connectivity index (χ0) is 23.6. The molecule has 3 aromatic rings. The molecule has 9 heteroatoms. The van der Waals surface area contributed by atoms with Crippen LogP contribution in [0.3, 0.4) is 0 Å². The van der Waals surface area contributed by atoms with E-state index in [-0.39, 0.29) is 17.6 Å². The van der Waals surface area contributed by atoms with Gasteiger partial charge in [-0.25, -0.2) is 4.98 Å². The van der Waals surface area contributed by atoms with Crippen LogP contribution in [-0.4, -0.2) is 47.9 Å². The first-order valence-electron chi connectivity index (χ1n) is 10.6. The van der Waals surface area contributed by atoms with E-state index in [0.717, 1.165) is 18.5 Å². The molecule has 0 atom stereocenters. The van der Waals surface area contributed by atoms with Crippen molar-refractivity contribution in [3.63, 3.8) is 0 Å². The van der Waals surface area contributed by atoms with Gasteiger partial charge in [0.05, 0.1) is 25.7 Å². The second kappa shape index (κ2) is 12.0. The van der Waals surface area contributed by atoms with Gasteiger partial charge in [0.1, 0.15) is 11.5 Å². The van der Waals surface area contributed by atoms with Crippen LogP contribution in [-0.2, 0) is 4.79 Å². The van der Waals surface area contributed by atoms with Gasteiger partial charge in [-0.05, 0) is 36.8 Å². The normalized spacial score (nSPS) is 10.5. The number of thioether (sulfide) groups is 1. The van der Waals surface area contributed by atoms with Crippen LogP contribution in [0.1, 0.15) is 30.1 Å². The van der Waals surface area contributed by atoms with E-state index in [4.69, 9.17) is 9.47 Å². The lowest BCUT2D eigenvalue weighted by molar-refractivity contribution is -0.113. The number of carbonyl (C=O) groups is 2. The largest absolute Gasteiger partial charge is 0.497 e. The van der Waals surface area contributed by atoms with E-state index >= 15 is 0 Å². The summed E-state index contributed by atoms with van der Waals surface area (Å²) in [6, 6.07) is 12.5. The summed E-state index contributed by atoms with van der Waals surface area (Å²) in [6.07, 6.45) is 5.43. The summed E-state index contributed by atoms with van der Waals surface area (Å²) in [5.41, 5.74) is 1.91. The first-order chi connectivity index (χ1) is 16.0. The number of aromatic nitrogens is 2. The highest BCUT2D eigenvalue weighted by molar-refractivity contribution is 7.99. The molecule has 1 heterocycles. The van der Waals surface area contributed by atoms with Crippen LogP contribution in [0.2, 0.25) is 0 Å². The van der Waals surface area contributed by atoms with E-state index in [2.05, 4.69) is 22.5 Å². The molecule has 1 aromatic heterocycles. The van der Waals surface area contributed by atoms with Crippen molar-refractivity contribution in [1.29, 1.82) is 0 Å². The minimum Gasteiger partial charge on any atom is -0.497 e. The molecule has 8 nitrogen and oxygen atoms in total. The van der Waals surface area contributed by atoms with Crippen LogP contribution >= 0.6 is 11.8 Å². The molecule has 3 rings (SSSR count). The Hall–Kier alpha value is -3.46. The number of carbonyl (C=O) groups excluding carboxylic acids is 2. The van der Waals surface area contributed by atoms with Gasteiger partial charge < -0.3 is 20.1 Å². The Morgan fingerprint density at radius 1 is 1.12 bits per heavy atom. The molecule has 0 fully saturated rings. The summed E-state index contributed by atoms with van der Waals surface area (Å²) < 4.78 is 12.4. The van der Waals surface area contributed by atoms with Gasteiger partial charge in [-0.15, -0.1) is 0 Å². The average Bonchev–Trinajstić information content (AvgIpc) is 3.31. The summed E-state index contributed by atoms with van der Waals surface area (Å²) in [5.74, 6) is 1.00. The lowest BCUT2D eigenvalue weighted by atomic mass is 10.2. The predicted molar refractivity (Wildman–Crippen MR) is 130 cm³/mol. The molecule has 0 saturated carbocycles. The molecular weight excluding hydrogens is 440 g/mol. The zero-order valence-corrected chi connectivity index (χ0v) is 19.8. The zero-order valence-electron chi connectivity index (χ0n) is 19.0. The molecule has 0 saturated heterocycles. The summed E-state index contributed by atoms with van der Waals surface area (Å²) in [4.78, 5) is 29.3. The number of rotatable bonds is 11. The number of amides is 2. The Bertz CT molecular complexity index is 1100. The monoisotopic (exact) mass is 468 g/mol. The smallest absolute Gasteiger partial charge is 0.251 e. The molecular formula is C24H28N4O4S.